The van der Waals surface area contributed by atoms with Gasteiger partial charge in [-0.3, -0.25) is 4.57 Å². The Morgan fingerprint density at radius 1 is 0.423 bits per heavy atom. The van der Waals surface area contributed by atoms with E-state index in [0.29, 0.717) is 6.67 Å². The summed E-state index contributed by atoms with van der Waals surface area (Å²) in [6, 6.07) is 67.0. The molecule has 0 fully saturated rings. The molecule has 71 heavy (non-hydrogen) atoms. The van der Waals surface area contributed by atoms with Gasteiger partial charge in [0.15, 0.2) is 0 Å². The van der Waals surface area contributed by atoms with Gasteiger partial charge in [0.05, 0.1) is 27.8 Å². The van der Waals surface area contributed by atoms with Crippen molar-refractivity contribution in [3.05, 3.63) is 205 Å². The maximum atomic E-state index is 6.91. The number of benzene rings is 8. The zero-order valence-corrected chi connectivity index (χ0v) is 42.3. The number of para-hydroxylation sites is 2. The molecule has 0 unspecified atom stereocenters. The minimum Gasteiger partial charge on any atom is -0.457 e. The van der Waals surface area contributed by atoms with Crippen molar-refractivity contribution in [2.24, 2.45) is 0 Å². The van der Waals surface area contributed by atoms with E-state index < -0.39 is 0 Å². The summed E-state index contributed by atoms with van der Waals surface area (Å²) in [4.78, 5) is 7.39. The molecule has 11 aromatic rings. The van der Waals surface area contributed by atoms with Gasteiger partial charge in [0, 0.05) is 51.1 Å². The van der Waals surface area contributed by atoms with Crippen LogP contribution in [0.25, 0.3) is 82.1 Å². The second kappa shape index (κ2) is 16.3. The lowest BCUT2D eigenvalue weighted by Gasteiger charge is -2.25. The van der Waals surface area contributed by atoms with Crippen molar-refractivity contribution < 1.29 is 4.74 Å². The van der Waals surface area contributed by atoms with Gasteiger partial charge < -0.3 is 14.2 Å². The molecule has 0 atom stereocenters. The average Bonchev–Trinajstić information content (AvgIpc) is 3.92. The second-order valence-corrected chi connectivity index (χ2v) is 22.5. The summed E-state index contributed by atoms with van der Waals surface area (Å²) >= 11 is 0. The van der Waals surface area contributed by atoms with Gasteiger partial charge in [-0.25, -0.2) is 4.98 Å². The molecule has 0 bridgehead atoms. The van der Waals surface area contributed by atoms with E-state index in [1.54, 1.807) is 0 Å². The first-order chi connectivity index (χ1) is 34.1. The number of anilines is 2. The molecular formula is C66H60N4O. The Morgan fingerprint density at radius 2 is 1.01 bits per heavy atom. The fourth-order valence-electron chi connectivity index (χ4n) is 10.9. The highest BCUT2D eigenvalue weighted by molar-refractivity contribution is 6.22. The number of aromatic nitrogens is 3. The molecule has 350 valence electrons. The molecule has 0 radical (unpaired) electrons. The van der Waals surface area contributed by atoms with Crippen molar-refractivity contribution in [1.82, 2.24) is 14.1 Å². The van der Waals surface area contributed by atoms with Crippen LogP contribution in [0.2, 0.25) is 0 Å². The Kier molecular flexibility index (Phi) is 10.2. The quantitative estimate of drug-likeness (QED) is 0.173. The molecule has 0 amide bonds. The smallest absolute Gasteiger partial charge is 0.137 e. The molecule has 8 aromatic carbocycles. The number of hydrogen-bond acceptors (Lipinski definition) is 3. The average molecular weight is 925 g/mol. The van der Waals surface area contributed by atoms with Gasteiger partial charge in [-0.1, -0.05) is 172 Å². The largest absolute Gasteiger partial charge is 0.457 e. The Hall–Kier alpha value is -7.89. The lowest BCUT2D eigenvalue weighted by molar-refractivity contribution is 0.483. The van der Waals surface area contributed by atoms with Gasteiger partial charge in [-0.05, 0) is 121 Å². The van der Waals surface area contributed by atoms with Gasteiger partial charge in [0.1, 0.15) is 24.0 Å². The van der Waals surface area contributed by atoms with Crippen LogP contribution in [0, 0.1) is 0 Å². The first-order valence-corrected chi connectivity index (χ1v) is 25.0. The monoisotopic (exact) mass is 924 g/mol. The van der Waals surface area contributed by atoms with Crippen LogP contribution in [0.5, 0.6) is 11.5 Å². The summed E-state index contributed by atoms with van der Waals surface area (Å²) in [5, 5.41) is 9.68. The molecule has 0 saturated carbocycles. The summed E-state index contributed by atoms with van der Waals surface area (Å²) in [6.45, 7) is 21.3. The van der Waals surface area contributed by atoms with Gasteiger partial charge >= 0.3 is 0 Å². The molecule has 0 aliphatic carbocycles. The summed E-state index contributed by atoms with van der Waals surface area (Å²) < 4.78 is 11.8. The summed E-state index contributed by atoms with van der Waals surface area (Å²) in [7, 11) is 0. The van der Waals surface area contributed by atoms with Crippen LogP contribution in [0.1, 0.15) is 79.0 Å². The third-order valence-electron chi connectivity index (χ3n) is 14.7. The molecule has 0 saturated heterocycles. The number of rotatable bonds is 5. The first-order valence-electron chi connectivity index (χ1n) is 25.0. The molecule has 3 aromatic heterocycles. The Labute approximate surface area is 416 Å². The third-order valence-corrected chi connectivity index (χ3v) is 14.7. The summed E-state index contributed by atoms with van der Waals surface area (Å²) in [5.41, 5.74) is 12.9. The minimum atomic E-state index is -0.105. The molecular weight excluding hydrogens is 865 g/mol. The van der Waals surface area contributed by atoms with E-state index in [0.717, 1.165) is 45.1 Å². The highest BCUT2D eigenvalue weighted by atomic mass is 16.5. The van der Waals surface area contributed by atoms with E-state index in [1.807, 2.05) is 6.20 Å². The predicted molar refractivity (Wildman–Crippen MR) is 301 cm³/mol. The minimum absolute atomic E-state index is 0.0187. The van der Waals surface area contributed by atoms with Crippen LogP contribution in [-0.2, 0) is 22.9 Å². The second-order valence-electron chi connectivity index (χ2n) is 22.5. The fraction of sp³-hybridized carbons (Fsp3) is 0.197. The van der Waals surface area contributed by atoms with Gasteiger partial charge in [-0.15, -0.1) is 0 Å². The molecule has 0 spiro atoms. The number of ether oxygens (including phenoxy) is 1. The summed E-state index contributed by atoms with van der Waals surface area (Å²) in [5.74, 6) is 2.43. The highest BCUT2D eigenvalue weighted by Crippen LogP contribution is 2.47. The molecule has 5 nitrogen and oxygen atoms in total. The van der Waals surface area contributed by atoms with Crippen LogP contribution in [0.15, 0.2) is 188 Å². The fourth-order valence-corrected chi connectivity index (χ4v) is 10.9. The van der Waals surface area contributed by atoms with E-state index >= 15 is 0 Å². The van der Waals surface area contributed by atoms with Crippen molar-refractivity contribution in [3.63, 3.8) is 0 Å². The van der Waals surface area contributed by atoms with Gasteiger partial charge in [0.2, 0.25) is 0 Å². The van der Waals surface area contributed by atoms with E-state index in [2.05, 4.69) is 258 Å². The van der Waals surface area contributed by atoms with Crippen LogP contribution >= 0.6 is 0 Å². The van der Waals surface area contributed by atoms with Crippen molar-refractivity contribution in [1.29, 1.82) is 0 Å². The van der Waals surface area contributed by atoms with E-state index in [4.69, 9.17) is 9.72 Å². The molecule has 1 aliphatic rings. The van der Waals surface area contributed by atoms with Crippen molar-refractivity contribution in [2.45, 2.75) is 85.2 Å². The zero-order chi connectivity index (χ0) is 49.0. The molecule has 5 heteroatoms. The Balaban J connectivity index is 1.07. The molecule has 12 rings (SSSR count). The Morgan fingerprint density at radius 3 is 1.73 bits per heavy atom. The van der Waals surface area contributed by atoms with Crippen molar-refractivity contribution in [2.75, 3.05) is 4.90 Å². The lowest BCUT2D eigenvalue weighted by Crippen LogP contribution is -2.16. The number of nitrogens with zero attached hydrogens (tertiary/aromatic N) is 4. The van der Waals surface area contributed by atoms with Crippen LogP contribution < -0.4 is 9.64 Å². The standard InChI is InChI=1S/C66H60N4O/c1-64(2,3)43-20-16-19-42(35-43)56-36-45(66(7,8)9)37-57-52-26-13-11-24-50(52)49-23-10-12-25-51(49)55-28-18-30-59-63(55)69(62(56)57)41-68(59)46-21-17-22-47(39-46)71-48-31-32-54-53-27-14-15-29-58(53)70(60(54)40-48)61-38-44(33-34-67-61)65(4,5)6/h10-40H,41H2,1-9H3. The maximum absolute atomic E-state index is 6.91. The van der Waals surface area contributed by atoms with Crippen LogP contribution in [0.3, 0.4) is 0 Å². The Bertz CT molecular complexity index is 4020. The van der Waals surface area contributed by atoms with Crippen LogP contribution in [0.4, 0.5) is 11.4 Å². The lowest BCUT2D eigenvalue weighted by atomic mass is 9.82. The highest BCUT2D eigenvalue weighted by Gasteiger charge is 2.28. The van der Waals surface area contributed by atoms with E-state index in [-0.39, 0.29) is 16.2 Å². The normalized spacial score (nSPS) is 13.1. The third kappa shape index (κ3) is 7.58. The number of hydrogen-bond donors (Lipinski definition) is 0. The number of fused-ring (bicyclic) bond motifs is 10. The first kappa shape index (κ1) is 44.3. The van der Waals surface area contributed by atoms with Crippen molar-refractivity contribution in [3.8, 4) is 28.4 Å². The summed E-state index contributed by atoms with van der Waals surface area (Å²) in [6.07, 6.45) is 1.93. The molecule has 0 N–H and O–H groups in total. The molecule has 1 aliphatic heterocycles. The zero-order valence-electron chi connectivity index (χ0n) is 42.3. The molecule has 4 heterocycles. The SMILES string of the molecule is CC(C)(C)c1cccc(-c2cc(C(C)(C)C)cc3c4ccccc4c4ccccc4c4cccc5c4n(c23)CN5c2cccc(Oc3ccc4c5ccccc5n(-c5cc(C(C)(C)C)ccn5)c4c3)c2)c1. The van der Waals surface area contributed by atoms with Crippen LogP contribution in [-0.4, -0.2) is 14.1 Å². The van der Waals surface area contributed by atoms with E-state index in [9.17, 15) is 0 Å². The van der Waals surface area contributed by atoms with Gasteiger partial charge in [0.25, 0.3) is 0 Å². The van der Waals surface area contributed by atoms with E-state index in [1.165, 1.54) is 76.6 Å². The van der Waals surface area contributed by atoms with Crippen molar-refractivity contribution >= 4 is 76.5 Å². The topological polar surface area (TPSA) is 35.2 Å². The van der Waals surface area contributed by atoms with Gasteiger partial charge in [-0.2, -0.15) is 0 Å². The maximum Gasteiger partial charge on any atom is 0.137 e. The predicted octanol–water partition coefficient (Wildman–Crippen LogP) is 18.2. The number of pyridine rings is 1.